The van der Waals surface area contributed by atoms with Crippen LogP contribution in [0.1, 0.15) is 12.0 Å². The first kappa shape index (κ1) is 20.4. The number of amides is 3. The molecule has 0 spiro atoms. The van der Waals surface area contributed by atoms with Crippen molar-refractivity contribution in [2.75, 3.05) is 32.2 Å². The topological polar surface area (TPSA) is 101 Å². The summed E-state index contributed by atoms with van der Waals surface area (Å²) in [6, 6.07) is 6.64. The fraction of sp³-hybridized carbons (Fsp3) is 0.389. The van der Waals surface area contributed by atoms with Gasteiger partial charge in [-0.15, -0.1) is 0 Å². The van der Waals surface area contributed by atoms with Gasteiger partial charge in [0.05, 0.1) is 23.5 Å². The van der Waals surface area contributed by atoms with E-state index in [1.807, 2.05) is 0 Å². The molecule has 3 rings (SSSR count). The Morgan fingerprint density at radius 3 is 2.71 bits per heavy atom. The van der Waals surface area contributed by atoms with Crippen LogP contribution in [0.25, 0.3) is 6.08 Å². The summed E-state index contributed by atoms with van der Waals surface area (Å²) in [4.78, 5) is 39.8. The maximum atomic E-state index is 12.6. The fourth-order valence-corrected chi connectivity index (χ4v) is 5.70. The molecule has 2 heterocycles. The van der Waals surface area contributed by atoms with Crippen LogP contribution < -0.4 is 4.74 Å². The van der Waals surface area contributed by atoms with E-state index in [2.05, 4.69) is 0 Å². The molecule has 3 amide bonds. The van der Waals surface area contributed by atoms with Crippen molar-refractivity contribution < 1.29 is 27.5 Å². The lowest BCUT2D eigenvalue weighted by molar-refractivity contribution is -0.136. The van der Waals surface area contributed by atoms with Gasteiger partial charge in [-0.25, -0.2) is 8.42 Å². The molecule has 0 N–H and O–H groups in total. The van der Waals surface area contributed by atoms with Gasteiger partial charge in [0.15, 0.2) is 9.84 Å². The molecule has 0 radical (unpaired) electrons. The first-order valence-corrected chi connectivity index (χ1v) is 11.2. The minimum absolute atomic E-state index is 0.0402. The summed E-state index contributed by atoms with van der Waals surface area (Å²) in [6.45, 7) is -0.416. The predicted octanol–water partition coefficient (Wildman–Crippen LogP) is 1.38. The Balaban J connectivity index is 1.72. The van der Waals surface area contributed by atoms with Gasteiger partial charge < -0.3 is 9.64 Å². The maximum absolute atomic E-state index is 12.6. The smallest absolute Gasteiger partial charge is 0.294 e. The van der Waals surface area contributed by atoms with Gasteiger partial charge in [0.25, 0.3) is 11.1 Å². The third-order valence-corrected chi connectivity index (χ3v) is 7.40. The average molecular weight is 425 g/mol. The molecule has 1 aromatic carbocycles. The van der Waals surface area contributed by atoms with Gasteiger partial charge in [-0.2, -0.15) is 0 Å². The van der Waals surface area contributed by atoms with E-state index in [0.717, 1.165) is 16.7 Å². The minimum Gasteiger partial charge on any atom is -0.496 e. The van der Waals surface area contributed by atoms with Crippen molar-refractivity contribution in [2.45, 2.75) is 12.5 Å². The van der Waals surface area contributed by atoms with E-state index in [1.54, 1.807) is 30.3 Å². The Hall–Kier alpha value is -2.33. The second-order valence-electron chi connectivity index (χ2n) is 6.57. The van der Waals surface area contributed by atoms with E-state index in [4.69, 9.17) is 4.74 Å². The van der Waals surface area contributed by atoms with E-state index in [9.17, 15) is 22.8 Å². The molecule has 2 fully saturated rings. The molecule has 2 aliphatic heterocycles. The van der Waals surface area contributed by atoms with E-state index < -0.39 is 39.5 Å². The number of carbonyl (C=O) groups is 3. The molecule has 0 bridgehead atoms. The Morgan fingerprint density at radius 1 is 1.36 bits per heavy atom. The number of rotatable bonds is 5. The summed E-state index contributed by atoms with van der Waals surface area (Å²) in [6.07, 6.45) is 1.92. The summed E-state index contributed by atoms with van der Waals surface area (Å²) in [5.74, 6) is -0.513. The average Bonchev–Trinajstić information content (AvgIpc) is 3.15. The molecule has 0 saturated carbocycles. The van der Waals surface area contributed by atoms with E-state index in [0.29, 0.717) is 17.7 Å². The van der Waals surface area contributed by atoms with Crippen LogP contribution in [0, 0.1) is 0 Å². The van der Waals surface area contributed by atoms with Crippen LogP contribution in [0.4, 0.5) is 4.79 Å². The second kappa shape index (κ2) is 7.96. The minimum atomic E-state index is -3.14. The first-order chi connectivity index (χ1) is 13.2. The van der Waals surface area contributed by atoms with Crippen LogP contribution in [0.2, 0.25) is 0 Å². The van der Waals surface area contributed by atoms with E-state index in [-0.39, 0.29) is 16.4 Å². The number of hydrogen-bond acceptors (Lipinski definition) is 7. The van der Waals surface area contributed by atoms with E-state index >= 15 is 0 Å². The number of hydrogen-bond donors (Lipinski definition) is 0. The summed E-state index contributed by atoms with van der Waals surface area (Å²) < 4.78 is 28.5. The predicted molar refractivity (Wildman–Crippen MR) is 105 cm³/mol. The zero-order valence-corrected chi connectivity index (χ0v) is 17.1. The normalized spacial score (nSPS) is 22.7. The number of carbonyl (C=O) groups excluding carboxylic acids is 3. The molecular formula is C18H20N2O6S2. The van der Waals surface area contributed by atoms with Gasteiger partial charge >= 0.3 is 0 Å². The number of thioether (sulfide) groups is 1. The SMILES string of the molecule is COc1ccccc1/C=C1/SC(=O)N(CC(=O)N(C)[C@@H]2CCS(=O)(=O)C2)C1=O. The van der Waals surface area contributed by atoms with Crippen molar-refractivity contribution in [3.05, 3.63) is 34.7 Å². The maximum Gasteiger partial charge on any atom is 0.294 e. The quantitative estimate of drug-likeness (QED) is 0.658. The van der Waals surface area contributed by atoms with Crippen LogP contribution in [-0.2, 0) is 19.4 Å². The molecule has 28 heavy (non-hydrogen) atoms. The van der Waals surface area contributed by atoms with Crippen molar-refractivity contribution in [2.24, 2.45) is 0 Å². The molecule has 150 valence electrons. The number of para-hydroxylation sites is 1. The third-order valence-electron chi connectivity index (χ3n) is 4.74. The zero-order valence-electron chi connectivity index (χ0n) is 15.5. The Morgan fingerprint density at radius 2 is 2.07 bits per heavy atom. The van der Waals surface area contributed by atoms with Crippen molar-refractivity contribution >= 4 is 44.7 Å². The molecule has 0 aliphatic carbocycles. The van der Waals surface area contributed by atoms with Gasteiger partial charge in [0.2, 0.25) is 5.91 Å². The van der Waals surface area contributed by atoms with Crippen LogP contribution in [-0.4, -0.2) is 73.5 Å². The summed E-state index contributed by atoms with van der Waals surface area (Å²) in [5.41, 5.74) is 0.648. The highest BCUT2D eigenvalue weighted by atomic mass is 32.2. The van der Waals surface area contributed by atoms with Crippen molar-refractivity contribution in [3.8, 4) is 5.75 Å². The highest BCUT2D eigenvalue weighted by molar-refractivity contribution is 8.18. The second-order valence-corrected chi connectivity index (χ2v) is 9.79. The molecule has 1 aromatic rings. The molecule has 1 atom stereocenters. The Kier molecular flexibility index (Phi) is 5.80. The number of likely N-dealkylation sites (N-methyl/N-ethyl adjacent to an activating group) is 1. The Bertz CT molecular complexity index is 957. The molecule has 0 unspecified atom stereocenters. The van der Waals surface area contributed by atoms with E-state index in [1.165, 1.54) is 19.1 Å². The van der Waals surface area contributed by atoms with Crippen LogP contribution in [0.15, 0.2) is 29.2 Å². The largest absolute Gasteiger partial charge is 0.496 e. The van der Waals surface area contributed by atoms with Crippen LogP contribution in [0.3, 0.4) is 0 Å². The molecule has 8 nitrogen and oxygen atoms in total. The van der Waals surface area contributed by atoms with Gasteiger partial charge in [-0.1, -0.05) is 18.2 Å². The summed E-state index contributed by atoms with van der Waals surface area (Å²) in [5, 5.41) is -0.535. The van der Waals surface area contributed by atoms with Crippen LogP contribution >= 0.6 is 11.8 Å². The lowest BCUT2D eigenvalue weighted by atomic mass is 10.2. The van der Waals surface area contributed by atoms with Crippen LogP contribution in [0.5, 0.6) is 5.75 Å². The lowest BCUT2D eigenvalue weighted by Gasteiger charge is -2.25. The molecule has 2 aliphatic rings. The van der Waals surface area contributed by atoms with Gasteiger partial charge in [-0.3, -0.25) is 19.3 Å². The summed E-state index contributed by atoms with van der Waals surface area (Å²) in [7, 11) is -0.132. The molecule has 2 saturated heterocycles. The van der Waals surface area contributed by atoms with Crippen molar-refractivity contribution in [1.29, 1.82) is 0 Å². The summed E-state index contributed by atoms with van der Waals surface area (Å²) >= 11 is 0.758. The monoisotopic (exact) mass is 424 g/mol. The van der Waals surface area contributed by atoms with Gasteiger partial charge in [-0.05, 0) is 30.3 Å². The van der Waals surface area contributed by atoms with Crippen molar-refractivity contribution in [3.63, 3.8) is 0 Å². The Labute approximate surface area is 167 Å². The van der Waals surface area contributed by atoms with Crippen molar-refractivity contribution in [1.82, 2.24) is 9.80 Å². The molecule has 10 heteroatoms. The number of nitrogens with zero attached hydrogens (tertiary/aromatic N) is 2. The number of benzene rings is 1. The number of imide groups is 1. The highest BCUT2D eigenvalue weighted by Gasteiger charge is 2.39. The fourth-order valence-electron chi connectivity index (χ4n) is 3.09. The standard InChI is InChI=1S/C18H20N2O6S2/c1-19(13-7-8-28(24,25)11-13)16(21)10-20-17(22)15(27-18(20)23)9-12-5-3-4-6-14(12)26-2/h3-6,9,13H,7-8,10-11H2,1-2H3/b15-9+/t13-/m1/s1. The van der Waals surface area contributed by atoms with Gasteiger partial charge in [0.1, 0.15) is 12.3 Å². The molecular weight excluding hydrogens is 404 g/mol. The number of ether oxygens (including phenoxy) is 1. The number of methoxy groups -OCH3 is 1. The first-order valence-electron chi connectivity index (χ1n) is 8.56. The third kappa shape index (κ3) is 4.22. The lowest BCUT2D eigenvalue weighted by Crippen LogP contribution is -2.45. The number of sulfone groups is 1. The zero-order chi connectivity index (χ0) is 20.5. The highest BCUT2D eigenvalue weighted by Crippen LogP contribution is 2.34. The van der Waals surface area contributed by atoms with Gasteiger partial charge in [0, 0.05) is 18.7 Å². The molecule has 0 aromatic heterocycles.